The van der Waals surface area contributed by atoms with Crippen LogP contribution in [0.25, 0.3) is 0 Å². The van der Waals surface area contributed by atoms with Gasteiger partial charge in [-0.2, -0.15) is 0 Å². The second kappa shape index (κ2) is 7.64. The summed E-state index contributed by atoms with van der Waals surface area (Å²) in [6.45, 7) is 5.32. The van der Waals surface area contributed by atoms with E-state index in [1.807, 2.05) is 38.1 Å². The van der Waals surface area contributed by atoms with E-state index in [4.69, 9.17) is 0 Å². The lowest BCUT2D eigenvalue weighted by Crippen LogP contribution is -2.30. The fourth-order valence-corrected chi connectivity index (χ4v) is 2.54. The molecular formula is C19H23NO2. The van der Waals surface area contributed by atoms with Gasteiger partial charge in [-0.1, -0.05) is 30.3 Å². The summed E-state index contributed by atoms with van der Waals surface area (Å²) in [5.74, 6) is 0.276. The summed E-state index contributed by atoms with van der Waals surface area (Å²) < 4.78 is 0. The summed E-state index contributed by atoms with van der Waals surface area (Å²) in [5.41, 5.74) is 2.69. The van der Waals surface area contributed by atoms with Crippen LogP contribution >= 0.6 is 0 Å². The van der Waals surface area contributed by atoms with Gasteiger partial charge in [-0.05, 0) is 56.0 Å². The van der Waals surface area contributed by atoms with Crippen LogP contribution in [0.2, 0.25) is 0 Å². The maximum atomic E-state index is 12.4. The number of phenols is 1. The van der Waals surface area contributed by atoms with Gasteiger partial charge < -0.3 is 10.0 Å². The molecule has 0 bridgehead atoms. The standard InChI is InChI=1S/C19H23NO2/c1-3-20(4-2)19(22)17-12-13-18(21)16(14-17)11-10-15-8-6-5-7-9-15/h5-9,12-14,21H,3-4,10-11H2,1-2H3. The Morgan fingerprint density at radius 2 is 1.68 bits per heavy atom. The summed E-state index contributed by atoms with van der Waals surface area (Å²) in [6.07, 6.45) is 1.56. The quantitative estimate of drug-likeness (QED) is 0.884. The Morgan fingerprint density at radius 3 is 2.32 bits per heavy atom. The van der Waals surface area contributed by atoms with Crippen LogP contribution < -0.4 is 0 Å². The molecule has 2 rings (SSSR count). The Labute approximate surface area is 132 Å². The lowest BCUT2D eigenvalue weighted by atomic mass is 10.0. The number of aromatic hydroxyl groups is 1. The lowest BCUT2D eigenvalue weighted by Gasteiger charge is -2.19. The van der Waals surface area contributed by atoms with Gasteiger partial charge in [0.05, 0.1) is 0 Å². The smallest absolute Gasteiger partial charge is 0.253 e. The SMILES string of the molecule is CCN(CC)C(=O)c1ccc(O)c(CCc2ccccc2)c1. The van der Waals surface area contributed by atoms with Gasteiger partial charge in [-0.15, -0.1) is 0 Å². The van der Waals surface area contributed by atoms with Crippen molar-refractivity contribution in [3.8, 4) is 5.75 Å². The van der Waals surface area contributed by atoms with Crippen LogP contribution in [0.15, 0.2) is 48.5 Å². The topological polar surface area (TPSA) is 40.5 Å². The number of benzene rings is 2. The van der Waals surface area contributed by atoms with Crippen molar-refractivity contribution in [3.63, 3.8) is 0 Å². The Balaban J connectivity index is 2.14. The largest absolute Gasteiger partial charge is 0.508 e. The van der Waals surface area contributed by atoms with Gasteiger partial charge in [0.25, 0.3) is 5.91 Å². The fourth-order valence-electron chi connectivity index (χ4n) is 2.54. The van der Waals surface area contributed by atoms with Gasteiger partial charge in [-0.25, -0.2) is 0 Å². The third-order valence-electron chi connectivity index (χ3n) is 3.90. The van der Waals surface area contributed by atoms with E-state index in [2.05, 4.69) is 12.1 Å². The summed E-state index contributed by atoms with van der Waals surface area (Å²) in [4.78, 5) is 14.2. The molecule has 0 aliphatic rings. The van der Waals surface area contributed by atoms with Gasteiger partial charge in [0.1, 0.15) is 5.75 Å². The molecule has 0 heterocycles. The van der Waals surface area contributed by atoms with E-state index < -0.39 is 0 Å². The molecule has 0 saturated heterocycles. The second-order valence-corrected chi connectivity index (χ2v) is 5.31. The molecule has 2 aromatic carbocycles. The minimum Gasteiger partial charge on any atom is -0.508 e. The van der Waals surface area contributed by atoms with Crippen molar-refractivity contribution in [3.05, 3.63) is 65.2 Å². The number of amides is 1. The number of hydrogen-bond acceptors (Lipinski definition) is 2. The maximum absolute atomic E-state index is 12.4. The highest BCUT2D eigenvalue weighted by molar-refractivity contribution is 5.94. The van der Waals surface area contributed by atoms with Crippen LogP contribution in [0.3, 0.4) is 0 Å². The molecule has 22 heavy (non-hydrogen) atoms. The van der Waals surface area contributed by atoms with Crippen LogP contribution in [0.5, 0.6) is 5.75 Å². The summed E-state index contributed by atoms with van der Waals surface area (Å²) in [5, 5.41) is 10.0. The first-order chi connectivity index (χ1) is 10.7. The predicted molar refractivity (Wildman–Crippen MR) is 89.2 cm³/mol. The number of carbonyl (C=O) groups is 1. The van der Waals surface area contributed by atoms with Gasteiger partial charge in [0.15, 0.2) is 0 Å². The Bertz CT molecular complexity index is 619. The number of carbonyl (C=O) groups excluding carboxylic acids is 1. The molecule has 2 aromatic rings. The monoisotopic (exact) mass is 297 g/mol. The van der Waals surface area contributed by atoms with Crippen LogP contribution in [0.1, 0.15) is 35.3 Å². The molecular weight excluding hydrogens is 274 g/mol. The molecule has 1 amide bonds. The molecule has 0 spiro atoms. The predicted octanol–water partition coefficient (Wildman–Crippen LogP) is 3.66. The van der Waals surface area contributed by atoms with E-state index in [0.717, 1.165) is 18.4 Å². The van der Waals surface area contributed by atoms with Crippen molar-refractivity contribution >= 4 is 5.91 Å². The maximum Gasteiger partial charge on any atom is 0.253 e. The van der Waals surface area contributed by atoms with E-state index in [1.165, 1.54) is 5.56 Å². The van der Waals surface area contributed by atoms with Crippen molar-refractivity contribution in [2.75, 3.05) is 13.1 Å². The first-order valence-electron chi connectivity index (χ1n) is 7.80. The molecule has 3 nitrogen and oxygen atoms in total. The van der Waals surface area contributed by atoms with E-state index in [1.54, 1.807) is 17.0 Å². The summed E-state index contributed by atoms with van der Waals surface area (Å²) >= 11 is 0. The second-order valence-electron chi connectivity index (χ2n) is 5.31. The van der Waals surface area contributed by atoms with Crippen molar-refractivity contribution in [2.45, 2.75) is 26.7 Å². The molecule has 0 aliphatic heterocycles. The van der Waals surface area contributed by atoms with Gasteiger partial charge in [0.2, 0.25) is 0 Å². The van der Waals surface area contributed by atoms with Crippen LogP contribution in [0, 0.1) is 0 Å². The van der Waals surface area contributed by atoms with Crippen LogP contribution in [-0.4, -0.2) is 29.0 Å². The number of rotatable bonds is 6. The van der Waals surface area contributed by atoms with Gasteiger partial charge in [-0.3, -0.25) is 4.79 Å². The molecule has 0 aromatic heterocycles. The van der Waals surface area contributed by atoms with E-state index in [-0.39, 0.29) is 11.7 Å². The van der Waals surface area contributed by atoms with Gasteiger partial charge >= 0.3 is 0 Å². The Kier molecular flexibility index (Phi) is 5.59. The van der Waals surface area contributed by atoms with Crippen LogP contribution in [-0.2, 0) is 12.8 Å². The molecule has 0 radical (unpaired) electrons. The number of aryl methyl sites for hydroxylation is 2. The highest BCUT2D eigenvalue weighted by atomic mass is 16.3. The zero-order valence-corrected chi connectivity index (χ0v) is 13.2. The van der Waals surface area contributed by atoms with Crippen molar-refractivity contribution in [1.29, 1.82) is 0 Å². The molecule has 3 heteroatoms. The fraction of sp³-hybridized carbons (Fsp3) is 0.316. The van der Waals surface area contributed by atoms with Crippen molar-refractivity contribution in [2.24, 2.45) is 0 Å². The minimum absolute atomic E-state index is 0.0194. The molecule has 0 saturated carbocycles. The average molecular weight is 297 g/mol. The summed E-state index contributed by atoms with van der Waals surface area (Å²) in [7, 11) is 0. The van der Waals surface area contributed by atoms with E-state index in [0.29, 0.717) is 18.7 Å². The molecule has 0 fully saturated rings. The number of nitrogens with zero attached hydrogens (tertiary/aromatic N) is 1. The molecule has 0 aliphatic carbocycles. The highest BCUT2D eigenvalue weighted by Gasteiger charge is 2.14. The Morgan fingerprint density at radius 1 is 1.00 bits per heavy atom. The minimum atomic E-state index is 0.0194. The molecule has 0 unspecified atom stereocenters. The zero-order valence-electron chi connectivity index (χ0n) is 13.2. The summed E-state index contributed by atoms with van der Waals surface area (Å²) in [6, 6.07) is 15.3. The average Bonchev–Trinajstić information content (AvgIpc) is 2.56. The van der Waals surface area contributed by atoms with E-state index in [9.17, 15) is 9.90 Å². The third-order valence-corrected chi connectivity index (χ3v) is 3.90. The first-order valence-corrected chi connectivity index (χ1v) is 7.80. The Hall–Kier alpha value is -2.29. The lowest BCUT2D eigenvalue weighted by molar-refractivity contribution is 0.0773. The zero-order chi connectivity index (χ0) is 15.9. The van der Waals surface area contributed by atoms with Gasteiger partial charge in [0, 0.05) is 18.7 Å². The number of hydrogen-bond donors (Lipinski definition) is 1. The molecule has 0 atom stereocenters. The first kappa shape index (κ1) is 16.1. The van der Waals surface area contributed by atoms with E-state index >= 15 is 0 Å². The van der Waals surface area contributed by atoms with Crippen molar-refractivity contribution in [1.82, 2.24) is 4.90 Å². The normalized spacial score (nSPS) is 10.5. The number of phenolic OH excluding ortho intramolecular Hbond substituents is 1. The third kappa shape index (κ3) is 3.88. The van der Waals surface area contributed by atoms with Crippen LogP contribution in [0.4, 0.5) is 0 Å². The van der Waals surface area contributed by atoms with Crippen molar-refractivity contribution < 1.29 is 9.90 Å². The highest BCUT2D eigenvalue weighted by Crippen LogP contribution is 2.21. The molecule has 1 N–H and O–H groups in total. The molecule has 116 valence electrons.